The van der Waals surface area contributed by atoms with Crippen molar-refractivity contribution in [3.63, 3.8) is 0 Å². The van der Waals surface area contributed by atoms with Gasteiger partial charge in [0.1, 0.15) is 39.9 Å². The average Bonchev–Trinajstić information content (AvgIpc) is 3.68. The van der Waals surface area contributed by atoms with Crippen LogP contribution in [0, 0.1) is 0 Å². The second-order valence-electron chi connectivity index (χ2n) is 17.5. The number of ether oxygens (including phenoxy) is 3. The summed E-state index contributed by atoms with van der Waals surface area (Å²) in [6.07, 6.45) is 0. The molecule has 0 bridgehead atoms. The third-order valence-corrected chi connectivity index (χ3v) is 13.3. The molecule has 0 radical (unpaired) electrons. The maximum atomic E-state index is 13.9. The summed E-state index contributed by atoms with van der Waals surface area (Å²) in [7, 11) is 0. The second-order valence-corrected chi connectivity index (χ2v) is 17.5. The number of aromatic carboxylic acids is 2. The average molecular weight is 963 g/mol. The lowest BCUT2D eigenvalue weighted by atomic mass is 9.77. The Kier molecular flexibility index (Phi) is 10.1. The van der Waals surface area contributed by atoms with Gasteiger partial charge in [-0.05, 0) is 124 Å². The summed E-state index contributed by atoms with van der Waals surface area (Å²) < 4.78 is 24.8. The Bertz CT molecular complexity index is 4300. The van der Waals surface area contributed by atoms with Gasteiger partial charge in [0.05, 0.1) is 22.3 Å². The van der Waals surface area contributed by atoms with E-state index in [-0.39, 0.29) is 45.3 Å². The molecule has 13 nitrogen and oxygen atoms in total. The largest absolute Gasteiger partial charge is 0.508 e. The highest BCUT2D eigenvalue weighted by atomic mass is 16.6. The normalized spacial score (nSPS) is 14.2. The third kappa shape index (κ3) is 7.13. The van der Waals surface area contributed by atoms with Gasteiger partial charge in [0.2, 0.25) is 0 Å². The molecule has 73 heavy (non-hydrogen) atoms. The molecule has 0 amide bonds. The smallest absolute Gasteiger partial charge is 0.343 e. The minimum atomic E-state index is -1.41. The van der Waals surface area contributed by atoms with E-state index in [0.29, 0.717) is 82.4 Å². The fourth-order valence-corrected chi connectivity index (χ4v) is 10.1. The van der Waals surface area contributed by atoms with Crippen molar-refractivity contribution in [3.8, 4) is 39.9 Å². The molecule has 4 N–H and O–H groups in total. The van der Waals surface area contributed by atoms with E-state index in [0.717, 1.165) is 10.8 Å². The number of hydrogen-bond acceptors (Lipinski definition) is 11. The number of carboxylic acid groups (broad SMARTS) is 2. The maximum Gasteiger partial charge on any atom is 0.343 e. The number of carboxylic acids is 2. The van der Waals surface area contributed by atoms with E-state index < -0.39 is 29.5 Å². The maximum absolute atomic E-state index is 13.9. The lowest BCUT2D eigenvalue weighted by Crippen LogP contribution is -2.33. The number of rotatable bonds is 5. The summed E-state index contributed by atoms with van der Waals surface area (Å²) >= 11 is 0. The predicted molar refractivity (Wildman–Crippen MR) is 271 cm³/mol. The van der Waals surface area contributed by atoms with E-state index in [2.05, 4.69) is 0 Å². The van der Waals surface area contributed by atoms with Crippen LogP contribution in [0.3, 0.4) is 0 Å². The van der Waals surface area contributed by atoms with Crippen LogP contribution in [0.5, 0.6) is 28.7 Å². The SMILES string of the molecule is O=C(O)c1cccc2ccccc12.O=C(Oc1ccc2c(c1)Oc1cc(O)ccc1C21OC(=O)c2ccccc21)c1ccc(-c2c3ccc4cc(O)ccc4c3oc3c2ccc2cc(=O)ccc23)c(C(=O)O)c1. The van der Waals surface area contributed by atoms with Crippen LogP contribution in [0.1, 0.15) is 58.1 Å². The molecule has 1 unspecified atom stereocenters. The van der Waals surface area contributed by atoms with Gasteiger partial charge in [0, 0.05) is 55.9 Å². The molecule has 352 valence electrons. The topological polar surface area (TPSA) is 207 Å². The lowest BCUT2D eigenvalue weighted by Gasteiger charge is -2.36. The standard InChI is InChI=1S/C49H26O11.C11H8O2/c50-27-8-15-31-24(19-27)5-13-35-43(36-14-6-25-20-28(51)9-16-32(25)45(36)59-44(31)35)33-12-7-26(21-37(33)46(53)54)47(55)57-30-11-18-40-42(23-30)58-41-22-29(52)10-17-39(41)49(40)38-4-2-1-3-34(38)48(56)60-49;12-11(13)10-7-3-5-8-4-1-2-6-9(8)10/h1-23,50,52H,(H,53,54);1-7H,(H,12,13). The third-order valence-electron chi connectivity index (χ3n) is 13.3. The van der Waals surface area contributed by atoms with Crippen molar-refractivity contribution in [1.82, 2.24) is 0 Å². The summed E-state index contributed by atoms with van der Waals surface area (Å²) in [6, 6.07) is 49.8. The summed E-state index contributed by atoms with van der Waals surface area (Å²) in [6.45, 7) is 0. The highest BCUT2D eigenvalue weighted by Gasteiger charge is 2.53. The van der Waals surface area contributed by atoms with Crippen molar-refractivity contribution in [2.24, 2.45) is 0 Å². The highest BCUT2D eigenvalue weighted by molar-refractivity contribution is 6.21. The fraction of sp³-hybridized carbons (Fsp3) is 0.0167. The van der Waals surface area contributed by atoms with E-state index in [9.17, 15) is 39.3 Å². The Balaban J connectivity index is 0.000000363. The van der Waals surface area contributed by atoms with Crippen molar-refractivity contribution in [3.05, 3.63) is 231 Å². The van der Waals surface area contributed by atoms with Gasteiger partial charge < -0.3 is 39.1 Å². The zero-order chi connectivity index (χ0) is 50.3. The molecule has 0 saturated heterocycles. The lowest BCUT2D eigenvalue weighted by molar-refractivity contribution is 0.0223. The van der Waals surface area contributed by atoms with Crippen molar-refractivity contribution in [2.45, 2.75) is 5.60 Å². The molecular formula is C60H34O13. The molecule has 11 aromatic rings. The van der Waals surface area contributed by atoms with Gasteiger partial charge in [-0.1, -0.05) is 72.8 Å². The van der Waals surface area contributed by atoms with Crippen LogP contribution in [0.15, 0.2) is 191 Å². The molecule has 0 fully saturated rings. The van der Waals surface area contributed by atoms with Gasteiger partial charge >= 0.3 is 23.9 Å². The number of carbonyl (C=O) groups excluding carboxylic acids is 2. The Morgan fingerprint density at radius 2 is 1.11 bits per heavy atom. The van der Waals surface area contributed by atoms with E-state index in [4.69, 9.17) is 23.7 Å². The summed E-state index contributed by atoms with van der Waals surface area (Å²) in [5.41, 5.74) is 2.13. The number of benzene rings is 10. The van der Waals surface area contributed by atoms with E-state index in [1.54, 1.807) is 97.1 Å². The first-order chi connectivity index (χ1) is 35.4. The van der Waals surface area contributed by atoms with Crippen LogP contribution in [-0.2, 0) is 10.3 Å². The molecule has 1 atom stereocenters. The van der Waals surface area contributed by atoms with Crippen molar-refractivity contribution in [1.29, 1.82) is 0 Å². The molecular weight excluding hydrogens is 929 g/mol. The van der Waals surface area contributed by atoms with E-state index in [1.807, 2.05) is 30.3 Å². The van der Waals surface area contributed by atoms with Crippen LogP contribution in [0.4, 0.5) is 0 Å². The Morgan fingerprint density at radius 3 is 1.88 bits per heavy atom. The molecule has 3 heterocycles. The molecule has 2 aliphatic rings. The predicted octanol–water partition coefficient (Wildman–Crippen LogP) is 12.4. The van der Waals surface area contributed by atoms with Gasteiger partial charge in [-0.25, -0.2) is 19.2 Å². The Labute approximate surface area is 411 Å². The second kappa shape index (κ2) is 16.7. The molecule has 13 rings (SSSR count). The van der Waals surface area contributed by atoms with Gasteiger partial charge in [-0.3, -0.25) is 4.79 Å². The number of aromatic hydroxyl groups is 2. The van der Waals surface area contributed by atoms with Crippen molar-refractivity contribution >= 4 is 78.1 Å². The van der Waals surface area contributed by atoms with Gasteiger partial charge in [0.25, 0.3) is 0 Å². The first kappa shape index (κ1) is 44.0. The molecule has 0 aliphatic carbocycles. The van der Waals surface area contributed by atoms with Crippen LogP contribution in [-0.4, -0.2) is 44.3 Å². The number of phenolic OH excluding ortho intramolecular Hbond substituents is 2. The van der Waals surface area contributed by atoms with Crippen LogP contribution < -0.4 is 14.9 Å². The van der Waals surface area contributed by atoms with Crippen LogP contribution in [0.25, 0.3) is 65.4 Å². The number of carbonyl (C=O) groups is 4. The van der Waals surface area contributed by atoms with Gasteiger partial charge in [-0.15, -0.1) is 0 Å². The number of phenols is 2. The zero-order valence-electron chi connectivity index (χ0n) is 37.8. The molecule has 13 heteroatoms. The van der Waals surface area contributed by atoms with Gasteiger partial charge in [-0.2, -0.15) is 0 Å². The minimum Gasteiger partial charge on any atom is -0.508 e. The van der Waals surface area contributed by atoms with E-state index >= 15 is 0 Å². The molecule has 1 spiro atoms. The first-order valence-corrected chi connectivity index (χ1v) is 22.7. The van der Waals surface area contributed by atoms with E-state index in [1.165, 1.54) is 54.6 Å². The number of hydrogen-bond donors (Lipinski definition) is 4. The minimum absolute atomic E-state index is 0.0521. The van der Waals surface area contributed by atoms with Crippen molar-refractivity contribution in [2.75, 3.05) is 0 Å². The monoisotopic (exact) mass is 962 g/mol. The molecule has 2 aliphatic heterocycles. The van der Waals surface area contributed by atoms with Crippen molar-refractivity contribution < 1.29 is 58.2 Å². The summed E-state index contributed by atoms with van der Waals surface area (Å²) in [5, 5.41) is 45.7. The molecule has 10 aromatic carbocycles. The number of esters is 2. The summed E-state index contributed by atoms with van der Waals surface area (Å²) in [5.74, 6) is -3.07. The van der Waals surface area contributed by atoms with Crippen LogP contribution >= 0.6 is 0 Å². The Hall–Kier alpha value is -10.3. The molecule has 0 saturated carbocycles. The summed E-state index contributed by atoms with van der Waals surface area (Å²) in [4.78, 5) is 63.3. The zero-order valence-corrected chi connectivity index (χ0v) is 37.8. The first-order valence-electron chi connectivity index (χ1n) is 22.7. The molecule has 1 aromatic heterocycles. The Morgan fingerprint density at radius 1 is 0.479 bits per heavy atom. The number of fused-ring (bicyclic) bond motifs is 13. The fourth-order valence-electron chi connectivity index (χ4n) is 10.1. The van der Waals surface area contributed by atoms with Crippen LogP contribution in [0.2, 0.25) is 0 Å². The van der Waals surface area contributed by atoms with Gasteiger partial charge in [0.15, 0.2) is 11.0 Å². The quantitative estimate of drug-likeness (QED) is 0.0549. The highest BCUT2D eigenvalue weighted by Crippen LogP contribution is 2.57.